The van der Waals surface area contributed by atoms with E-state index in [0.29, 0.717) is 13.1 Å². The van der Waals surface area contributed by atoms with Crippen LogP contribution < -0.4 is 10.6 Å². The van der Waals surface area contributed by atoms with Crippen molar-refractivity contribution in [2.75, 3.05) is 13.1 Å². The van der Waals surface area contributed by atoms with Crippen molar-refractivity contribution < 1.29 is 4.79 Å². The molecular weight excluding hydrogens is 296 g/mol. The number of amides is 1. The average molecular weight is 317 g/mol. The largest absolute Gasteiger partial charge is 0.351 e. The summed E-state index contributed by atoms with van der Waals surface area (Å²) in [6.07, 6.45) is 0.853. The van der Waals surface area contributed by atoms with E-state index in [9.17, 15) is 4.79 Å². The first-order valence-corrected chi connectivity index (χ1v) is 7.79. The molecule has 116 valence electrons. The minimum Gasteiger partial charge on any atom is -0.351 e. The van der Waals surface area contributed by atoms with Gasteiger partial charge in [-0.15, -0.1) is 0 Å². The van der Waals surface area contributed by atoms with E-state index in [1.165, 1.54) is 11.1 Å². The first-order chi connectivity index (χ1) is 10.6. The maximum absolute atomic E-state index is 11.8. The van der Waals surface area contributed by atoms with Crippen molar-refractivity contribution in [3.63, 3.8) is 0 Å². The second kappa shape index (κ2) is 8.57. The van der Waals surface area contributed by atoms with Crippen LogP contribution in [0.15, 0.2) is 48.5 Å². The van der Waals surface area contributed by atoms with Gasteiger partial charge in [-0.2, -0.15) is 0 Å². The molecule has 3 nitrogen and oxygen atoms in total. The van der Waals surface area contributed by atoms with Crippen LogP contribution in [-0.2, 0) is 17.8 Å². The second-order valence-corrected chi connectivity index (χ2v) is 5.70. The summed E-state index contributed by atoms with van der Waals surface area (Å²) in [6, 6.07) is 15.8. The smallest absolute Gasteiger partial charge is 0.234 e. The number of nitrogens with one attached hydrogen (secondary N) is 2. The van der Waals surface area contributed by atoms with Gasteiger partial charge in [0.1, 0.15) is 0 Å². The molecule has 4 heteroatoms. The zero-order valence-electron chi connectivity index (χ0n) is 12.7. The minimum absolute atomic E-state index is 0.00865. The van der Waals surface area contributed by atoms with Crippen molar-refractivity contribution in [2.45, 2.75) is 19.9 Å². The van der Waals surface area contributed by atoms with E-state index in [1.807, 2.05) is 55.5 Å². The lowest BCUT2D eigenvalue weighted by atomic mass is 10.1. The quantitative estimate of drug-likeness (QED) is 0.771. The standard InChI is InChI=1S/C18H21ClN2O/c1-14-5-2-3-7-16(14)12-21-18(22)13-20-10-9-15-6-4-8-17(19)11-15/h2-8,11,20H,9-10,12-13H2,1H3,(H,21,22). The number of hydrogen-bond donors (Lipinski definition) is 2. The Bertz CT molecular complexity index is 628. The lowest BCUT2D eigenvalue weighted by molar-refractivity contribution is -0.120. The van der Waals surface area contributed by atoms with Crippen molar-refractivity contribution in [1.29, 1.82) is 0 Å². The normalized spacial score (nSPS) is 10.5. The van der Waals surface area contributed by atoms with Crippen LogP contribution in [0.5, 0.6) is 0 Å². The molecule has 2 aromatic rings. The van der Waals surface area contributed by atoms with E-state index in [4.69, 9.17) is 11.6 Å². The Hall–Kier alpha value is -1.84. The van der Waals surface area contributed by atoms with Gasteiger partial charge in [0.15, 0.2) is 0 Å². The van der Waals surface area contributed by atoms with Gasteiger partial charge < -0.3 is 10.6 Å². The summed E-state index contributed by atoms with van der Waals surface area (Å²) in [7, 11) is 0. The van der Waals surface area contributed by atoms with Gasteiger partial charge in [0.25, 0.3) is 0 Å². The fourth-order valence-electron chi connectivity index (χ4n) is 2.19. The van der Waals surface area contributed by atoms with E-state index in [2.05, 4.69) is 10.6 Å². The molecule has 0 aromatic heterocycles. The molecule has 0 saturated heterocycles. The predicted octanol–water partition coefficient (Wildman–Crippen LogP) is 3.10. The lowest BCUT2D eigenvalue weighted by Gasteiger charge is -2.09. The summed E-state index contributed by atoms with van der Waals surface area (Å²) >= 11 is 5.94. The molecule has 0 saturated carbocycles. The number of carbonyl (C=O) groups is 1. The van der Waals surface area contributed by atoms with Crippen LogP contribution in [0, 0.1) is 6.92 Å². The summed E-state index contributed by atoms with van der Waals surface area (Å²) in [5.74, 6) is 0.00865. The molecule has 0 aliphatic carbocycles. The number of aryl methyl sites for hydroxylation is 1. The van der Waals surface area contributed by atoms with Gasteiger partial charge in [0.2, 0.25) is 5.91 Å². The van der Waals surface area contributed by atoms with Crippen LogP contribution in [0.25, 0.3) is 0 Å². The number of hydrogen-bond acceptors (Lipinski definition) is 2. The average Bonchev–Trinajstić information content (AvgIpc) is 2.51. The molecule has 1 amide bonds. The van der Waals surface area contributed by atoms with Gasteiger partial charge >= 0.3 is 0 Å². The van der Waals surface area contributed by atoms with Gasteiger partial charge in [0, 0.05) is 11.6 Å². The number of rotatable bonds is 7. The van der Waals surface area contributed by atoms with Crippen molar-refractivity contribution in [1.82, 2.24) is 10.6 Å². The molecule has 0 bridgehead atoms. The maximum atomic E-state index is 11.8. The van der Waals surface area contributed by atoms with Crippen LogP contribution >= 0.6 is 11.6 Å². The zero-order valence-corrected chi connectivity index (χ0v) is 13.5. The van der Waals surface area contributed by atoms with Crippen LogP contribution in [0.3, 0.4) is 0 Å². The molecule has 2 rings (SSSR count). The SMILES string of the molecule is Cc1ccccc1CNC(=O)CNCCc1cccc(Cl)c1. The molecule has 0 fully saturated rings. The first kappa shape index (κ1) is 16.5. The van der Waals surface area contributed by atoms with E-state index >= 15 is 0 Å². The molecule has 0 spiro atoms. The van der Waals surface area contributed by atoms with E-state index in [1.54, 1.807) is 0 Å². The second-order valence-electron chi connectivity index (χ2n) is 5.26. The van der Waals surface area contributed by atoms with Crippen LogP contribution in [-0.4, -0.2) is 19.0 Å². The third kappa shape index (κ3) is 5.51. The molecule has 0 atom stereocenters. The number of halogens is 1. The summed E-state index contributed by atoms with van der Waals surface area (Å²) in [5, 5.41) is 6.82. The van der Waals surface area contributed by atoms with Crippen LogP contribution in [0.1, 0.15) is 16.7 Å². The van der Waals surface area contributed by atoms with Gasteiger partial charge in [-0.3, -0.25) is 4.79 Å². The van der Waals surface area contributed by atoms with Crippen molar-refractivity contribution in [2.24, 2.45) is 0 Å². The highest BCUT2D eigenvalue weighted by Crippen LogP contribution is 2.10. The third-order valence-corrected chi connectivity index (χ3v) is 3.74. The minimum atomic E-state index is 0.00865. The van der Waals surface area contributed by atoms with Gasteiger partial charge in [0.05, 0.1) is 6.54 Å². The van der Waals surface area contributed by atoms with Crippen LogP contribution in [0.4, 0.5) is 0 Å². The maximum Gasteiger partial charge on any atom is 0.234 e. The molecule has 0 unspecified atom stereocenters. The fourth-order valence-corrected chi connectivity index (χ4v) is 2.40. The van der Waals surface area contributed by atoms with Crippen molar-refractivity contribution >= 4 is 17.5 Å². The highest BCUT2D eigenvalue weighted by Gasteiger charge is 2.02. The Kier molecular flexibility index (Phi) is 6.44. The Morgan fingerprint density at radius 3 is 2.73 bits per heavy atom. The van der Waals surface area contributed by atoms with E-state index < -0.39 is 0 Å². The Labute approximate surface area is 136 Å². The monoisotopic (exact) mass is 316 g/mol. The Morgan fingerprint density at radius 1 is 1.14 bits per heavy atom. The zero-order chi connectivity index (χ0) is 15.8. The molecular formula is C18H21ClN2O. The van der Waals surface area contributed by atoms with E-state index in [-0.39, 0.29) is 5.91 Å². The van der Waals surface area contributed by atoms with Gasteiger partial charge in [-0.05, 0) is 48.7 Å². The number of benzene rings is 2. The molecule has 0 radical (unpaired) electrons. The molecule has 2 N–H and O–H groups in total. The highest BCUT2D eigenvalue weighted by atomic mass is 35.5. The third-order valence-electron chi connectivity index (χ3n) is 3.50. The molecule has 0 aliphatic rings. The predicted molar refractivity (Wildman–Crippen MR) is 91.1 cm³/mol. The molecule has 0 heterocycles. The fraction of sp³-hybridized carbons (Fsp3) is 0.278. The molecule has 2 aromatic carbocycles. The van der Waals surface area contributed by atoms with Gasteiger partial charge in [-0.25, -0.2) is 0 Å². The summed E-state index contributed by atoms with van der Waals surface area (Å²) in [5.41, 5.74) is 3.51. The van der Waals surface area contributed by atoms with Gasteiger partial charge in [-0.1, -0.05) is 48.0 Å². The summed E-state index contributed by atoms with van der Waals surface area (Å²) in [6.45, 7) is 3.69. The van der Waals surface area contributed by atoms with Crippen LogP contribution in [0.2, 0.25) is 5.02 Å². The summed E-state index contributed by atoms with van der Waals surface area (Å²) < 4.78 is 0. The van der Waals surface area contributed by atoms with Crippen molar-refractivity contribution in [3.8, 4) is 0 Å². The number of carbonyl (C=O) groups excluding carboxylic acids is 1. The lowest BCUT2D eigenvalue weighted by Crippen LogP contribution is -2.34. The topological polar surface area (TPSA) is 41.1 Å². The Balaban J connectivity index is 1.65. The summed E-state index contributed by atoms with van der Waals surface area (Å²) in [4.78, 5) is 11.8. The molecule has 0 aliphatic heterocycles. The highest BCUT2D eigenvalue weighted by molar-refractivity contribution is 6.30. The van der Waals surface area contributed by atoms with E-state index in [0.717, 1.165) is 23.6 Å². The molecule has 22 heavy (non-hydrogen) atoms. The van der Waals surface area contributed by atoms with Crippen molar-refractivity contribution in [3.05, 3.63) is 70.2 Å². The first-order valence-electron chi connectivity index (χ1n) is 7.41. The Morgan fingerprint density at radius 2 is 1.95 bits per heavy atom.